The largest absolute Gasteiger partial charge is 0.459 e. The van der Waals surface area contributed by atoms with Crippen molar-refractivity contribution >= 4 is 11.6 Å². The lowest BCUT2D eigenvalue weighted by Gasteiger charge is -2.17. The van der Waals surface area contributed by atoms with E-state index in [0.717, 1.165) is 11.3 Å². The van der Waals surface area contributed by atoms with Crippen LogP contribution >= 0.6 is 0 Å². The molecule has 1 aromatic carbocycles. The molecule has 0 saturated heterocycles. The SMILES string of the molecule is CC(C)(C)C(=O)Nc1cccc(-c2ccc(CO)o2)c1. The first-order chi connectivity index (χ1) is 9.40. The van der Waals surface area contributed by atoms with Crippen molar-refractivity contribution in [1.29, 1.82) is 0 Å². The zero-order valence-electron chi connectivity index (χ0n) is 11.9. The predicted molar refractivity (Wildman–Crippen MR) is 78.2 cm³/mol. The van der Waals surface area contributed by atoms with E-state index in [0.29, 0.717) is 11.5 Å². The van der Waals surface area contributed by atoms with Gasteiger partial charge < -0.3 is 14.8 Å². The molecule has 2 rings (SSSR count). The van der Waals surface area contributed by atoms with Crippen LogP contribution in [0.25, 0.3) is 11.3 Å². The highest BCUT2D eigenvalue weighted by molar-refractivity contribution is 5.95. The average molecular weight is 273 g/mol. The molecule has 4 heteroatoms. The normalized spacial score (nSPS) is 11.4. The molecule has 0 saturated carbocycles. The molecule has 0 aliphatic heterocycles. The molecule has 2 N–H and O–H groups in total. The minimum atomic E-state index is -0.440. The highest BCUT2D eigenvalue weighted by Crippen LogP contribution is 2.26. The van der Waals surface area contributed by atoms with Gasteiger partial charge in [-0.3, -0.25) is 4.79 Å². The van der Waals surface area contributed by atoms with Crippen LogP contribution in [0.4, 0.5) is 5.69 Å². The van der Waals surface area contributed by atoms with Gasteiger partial charge in [0, 0.05) is 16.7 Å². The first-order valence-electron chi connectivity index (χ1n) is 6.51. The number of amides is 1. The van der Waals surface area contributed by atoms with Crippen molar-refractivity contribution in [2.45, 2.75) is 27.4 Å². The molecule has 0 unspecified atom stereocenters. The third-order valence-electron chi connectivity index (χ3n) is 2.90. The number of rotatable bonds is 3. The highest BCUT2D eigenvalue weighted by Gasteiger charge is 2.21. The van der Waals surface area contributed by atoms with Crippen molar-refractivity contribution < 1.29 is 14.3 Å². The molecule has 0 radical (unpaired) electrons. The molecule has 4 nitrogen and oxygen atoms in total. The number of hydrogen-bond donors (Lipinski definition) is 2. The highest BCUT2D eigenvalue weighted by atomic mass is 16.4. The number of hydrogen-bond acceptors (Lipinski definition) is 3. The summed E-state index contributed by atoms with van der Waals surface area (Å²) in [5.41, 5.74) is 1.14. The van der Waals surface area contributed by atoms with Gasteiger partial charge in [0.25, 0.3) is 0 Å². The second-order valence-electron chi connectivity index (χ2n) is 5.71. The van der Waals surface area contributed by atoms with Crippen LogP contribution in [0.3, 0.4) is 0 Å². The third kappa shape index (κ3) is 3.27. The number of furan rings is 1. The quantitative estimate of drug-likeness (QED) is 0.900. The minimum absolute atomic E-state index is 0.0369. The van der Waals surface area contributed by atoms with Crippen molar-refractivity contribution in [2.75, 3.05) is 5.32 Å². The van der Waals surface area contributed by atoms with Crippen LogP contribution in [-0.2, 0) is 11.4 Å². The summed E-state index contributed by atoms with van der Waals surface area (Å²) in [4.78, 5) is 12.0. The zero-order chi connectivity index (χ0) is 14.8. The van der Waals surface area contributed by atoms with Crippen molar-refractivity contribution in [3.63, 3.8) is 0 Å². The molecule has 0 bridgehead atoms. The average Bonchev–Trinajstić information content (AvgIpc) is 2.86. The maximum atomic E-state index is 12.0. The van der Waals surface area contributed by atoms with E-state index in [4.69, 9.17) is 9.52 Å². The molecule has 2 aromatic rings. The molecule has 0 atom stereocenters. The van der Waals surface area contributed by atoms with E-state index in [1.807, 2.05) is 45.0 Å². The predicted octanol–water partition coefficient (Wildman–Crippen LogP) is 3.42. The van der Waals surface area contributed by atoms with Crippen molar-refractivity contribution in [2.24, 2.45) is 5.41 Å². The summed E-state index contributed by atoms with van der Waals surface area (Å²) in [6.07, 6.45) is 0. The fourth-order valence-electron chi connectivity index (χ4n) is 1.69. The van der Waals surface area contributed by atoms with Gasteiger partial charge in [-0.1, -0.05) is 32.9 Å². The first-order valence-corrected chi connectivity index (χ1v) is 6.51. The van der Waals surface area contributed by atoms with Crippen molar-refractivity contribution in [1.82, 2.24) is 0 Å². The van der Waals surface area contributed by atoms with E-state index in [1.165, 1.54) is 0 Å². The number of carbonyl (C=O) groups is 1. The molecular formula is C16H19NO3. The third-order valence-corrected chi connectivity index (χ3v) is 2.90. The van der Waals surface area contributed by atoms with Crippen LogP contribution in [0.5, 0.6) is 0 Å². The van der Waals surface area contributed by atoms with Crippen LogP contribution in [0.2, 0.25) is 0 Å². The lowest BCUT2D eigenvalue weighted by atomic mass is 9.95. The Balaban J connectivity index is 2.22. The van der Waals surface area contributed by atoms with Crippen LogP contribution in [0, 0.1) is 5.41 Å². The molecule has 106 valence electrons. The Kier molecular flexibility index (Phi) is 3.95. The van der Waals surface area contributed by atoms with E-state index < -0.39 is 5.41 Å². The number of carbonyl (C=O) groups excluding carboxylic acids is 1. The Bertz CT molecular complexity index is 608. The summed E-state index contributed by atoms with van der Waals surface area (Å²) in [5, 5.41) is 11.9. The summed E-state index contributed by atoms with van der Waals surface area (Å²) >= 11 is 0. The number of benzene rings is 1. The molecule has 20 heavy (non-hydrogen) atoms. The summed E-state index contributed by atoms with van der Waals surface area (Å²) in [7, 11) is 0. The van der Waals surface area contributed by atoms with Gasteiger partial charge >= 0.3 is 0 Å². The summed E-state index contributed by atoms with van der Waals surface area (Å²) in [6.45, 7) is 5.48. The molecular weight excluding hydrogens is 254 g/mol. The van der Waals surface area contributed by atoms with Gasteiger partial charge in [-0.05, 0) is 24.3 Å². The Hall–Kier alpha value is -2.07. The maximum absolute atomic E-state index is 12.0. The topological polar surface area (TPSA) is 62.5 Å². The lowest BCUT2D eigenvalue weighted by molar-refractivity contribution is -0.123. The maximum Gasteiger partial charge on any atom is 0.229 e. The van der Waals surface area contributed by atoms with Gasteiger partial charge in [0.15, 0.2) is 0 Å². The molecule has 1 aromatic heterocycles. The second kappa shape index (κ2) is 5.51. The fraction of sp³-hybridized carbons (Fsp3) is 0.312. The standard InChI is InChI=1S/C16H19NO3/c1-16(2,3)15(19)17-12-6-4-5-11(9-12)14-8-7-13(10-18)20-14/h4-9,18H,10H2,1-3H3,(H,17,19). The van der Waals surface area contributed by atoms with E-state index in [-0.39, 0.29) is 12.5 Å². The second-order valence-corrected chi connectivity index (χ2v) is 5.71. The van der Waals surface area contributed by atoms with Crippen molar-refractivity contribution in [3.8, 4) is 11.3 Å². The van der Waals surface area contributed by atoms with E-state index >= 15 is 0 Å². The van der Waals surface area contributed by atoms with Gasteiger partial charge in [0.1, 0.15) is 18.1 Å². The Morgan fingerprint density at radius 1 is 1.25 bits per heavy atom. The summed E-state index contributed by atoms with van der Waals surface area (Å²) in [5.74, 6) is 1.15. The first kappa shape index (κ1) is 14.3. The Morgan fingerprint density at radius 3 is 2.60 bits per heavy atom. The van der Waals surface area contributed by atoms with Crippen LogP contribution in [0.1, 0.15) is 26.5 Å². The van der Waals surface area contributed by atoms with Crippen molar-refractivity contribution in [3.05, 3.63) is 42.2 Å². The Morgan fingerprint density at radius 2 is 2.00 bits per heavy atom. The minimum Gasteiger partial charge on any atom is -0.459 e. The van der Waals surface area contributed by atoms with E-state index in [9.17, 15) is 4.79 Å². The number of anilines is 1. The molecule has 0 aliphatic rings. The van der Waals surface area contributed by atoms with Gasteiger partial charge in [-0.15, -0.1) is 0 Å². The monoisotopic (exact) mass is 273 g/mol. The Labute approximate surface area is 118 Å². The lowest BCUT2D eigenvalue weighted by Crippen LogP contribution is -2.27. The number of aliphatic hydroxyl groups is 1. The van der Waals surface area contributed by atoms with Crippen LogP contribution in [0.15, 0.2) is 40.8 Å². The molecule has 0 fully saturated rings. The number of nitrogens with one attached hydrogen (secondary N) is 1. The van der Waals surface area contributed by atoms with Gasteiger partial charge in [0.2, 0.25) is 5.91 Å². The molecule has 1 amide bonds. The summed E-state index contributed by atoms with van der Waals surface area (Å²) in [6, 6.07) is 11.0. The van der Waals surface area contributed by atoms with Gasteiger partial charge in [0.05, 0.1) is 0 Å². The fourth-order valence-corrected chi connectivity index (χ4v) is 1.69. The molecule has 0 aliphatic carbocycles. The van der Waals surface area contributed by atoms with Gasteiger partial charge in [-0.2, -0.15) is 0 Å². The number of aliphatic hydroxyl groups excluding tert-OH is 1. The summed E-state index contributed by atoms with van der Waals surface area (Å²) < 4.78 is 5.48. The molecule has 1 heterocycles. The van der Waals surface area contributed by atoms with Crippen LogP contribution < -0.4 is 5.32 Å². The molecule has 0 spiro atoms. The zero-order valence-corrected chi connectivity index (χ0v) is 11.9. The smallest absolute Gasteiger partial charge is 0.229 e. The van der Waals surface area contributed by atoms with E-state index in [1.54, 1.807) is 12.1 Å². The van der Waals surface area contributed by atoms with E-state index in [2.05, 4.69) is 5.32 Å². The van der Waals surface area contributed by atoms with Gasteiger partial charge in [-0.25, -0.2) is 0 Å². The van der Waals surface area contributed by atoms with Crippen LogP contribution in [-0.4, -0.2) is 11.0 Å².